The summed E-state index contributed by atoms with van der Waals surface area (Å²) in [5.74, 6) is 0. The van der Waals surface area contributed by atoms with Gasteiger partial charge in [0.05, 0.1) is 6.33 Å². The van der Waals surface area contributed by atoms with Crippen LogP contribution in [0.3, 0.4) is 0 Å². The SMILES string of the molecule is Cc1cc(C)c(C(O)c2cccc(-n3ccnc3)c2C)c(C)c1. The van der Waals surface area contributed by atoms with Gasteiger partial charge in [0, 0.05) is 18.1 Å². The zero-order valence-corrected chi connectivity index (χ0v) is 14.0. The Balaban J connectivity index is 2.11. The molecule has 1 heterocycles. The quantitative estimate of drug-likeness (QED) is 0.788. The van der Waals surface area contributed by atoms with E-state index in [1.54, 1.807) is 12.5 Å². The maximum Gasteiger partial charge on any atom is 0.105 e. The standard InChI is InChI=1S/C20H22N2O/c1-13-10-14(2)19(15(3)11-13)20(23)17-6-5-7-18(16(17)4)22-9-8-21-12-22/h5-12,20,23H,1-4H3. The van der Waals surface area contributed by atoms with Crippen molar-refractivity contribution in [2.45, 2.75) is 33.8 Å². The summed E-state index contributed by atoms with van der Waals surface area (Å²) in [5.41, 5.74) is 7.52. The van der Waals surface area contributed by atoms with E-state index in [0.717, 1.165) is 33.5 Å². The minimum absolute atomic E-state index is 0.626. The van der Waals surface area contributed by atoms with Crippen LogP contribution < -0.4 is 0 Å². The van der Waals surface area contributed by atoms with Gasteiger partial charge in [0.1, 0.15) is 6.10 Å². The van der Waals surface area contributed by atoms with E-state index < -0.39 is 6.10 Å². The number of aliphatic hydroxyl groups is 1. The fourth-order valence-electron chi connectivity index (χ4n) is 3.40. The van der Waals surface area contributed by atoms with Crippen LogP contribution in [0.25, 0.3) is 5.69 Å². The van der Waals surface area contributed by atoms with Crippen LogP contribution in [0, 0.1) is 27.7 Å². The Hall–Kier alpha value is -2.39. The summed E-state index contributed by atoms with van der Waals surface area (Å²) in [6, 6.07) is 10.3. The number of imidazole rings is 1. The maximum atomic E-state index is 11.0. The highest BCUT2D eigenvalue weighted by molar-refractivity contribution is 5.50. The smallest absolute Gasteiger partial charge is 0.105 e. The first-order valence-electron chi connectivity index (χ1n) is 7.82. The second kappa shape index (κ2) is 6.01. The molecule has 0 aliphatic carbocycles. The average Bonchev–Trinajstić information content (AvgIpc) is 3.00. The third-order valence-electron chi connectivity index (χ3n) is 4.44. The Morgan fingerprint density at radius 2 is 1.74 bits per heavy atom. The van der Waals surface area contributed by atoms with E-state index in [9.17, 15) is 5.11 Å². The maximum absolute atomic E-state index is 11.0. The molecule has 2 aromatic carbocycles. The van der Waals surface area contributed by atoms with Crippen molar-refractivity contribution in [1.29, 1.82) is 0 Å². The Kier molecular flexibility index (Phi) is 4.05. The fourth-order valence-corrected chi connectivity index (χ4v) is 3.40. The van der Waals surface area contributed by atoms with Gasteiger partial charge in [-0.2, -0.15) is 0 Å². The van der Waals surface area contributed by atoms with Gasteiger partial charge in [-0.25, -0.2) is 4.98 Å². The molecule has 3 rings (SSSR count). The van der Waals surface area contributed by atoms with Crippen molar-refractivity contribution in [3.63, 3.8) is 0 Å². The molecule has 0 bridgehead atoms. The van der Waals surface area contributed by atoms with Crippen molar-refractivity contribution in [3.8, 4) is 5.69 Å². The zero-order chi connectivity index (χ0) is 16.6. The van der Waals surface area contributed by atoms with E-state index in [-0.39, 0.29) is 0 Å². The molecule has 3 nitrogen and oxygen atoms in total. The molecular formula is C20H22N2O. The van der Waals surface area contributed by atoms with Crippen LogP contribution in [0.4, 0.5) is 0 Å². The second-order valence-electron chi connectivity index (χ2n) is 6.18. The van der Waals surface area contributed by atoms with Gasteiger partial charge in [-0.15, -0.1) is 0 Å². The second-order valence-corrected chi connectivity index (χ2v) is 6.18. The van der Waals surface area contributed by atoms with Gasteiger partial charge in [0.15, 0.2) is 0 Å². The molecule has 1 N–H and O–H groups in total. The van der Waals surface area contributed by atoms with Gasteiger partial charge in [0.2, 0.25) is 0 Å². The zero-order valence-electron chi connectivity index (χ0n) is 14.0. The molecule has 0 fully saturated rings. The van der Waals surface area contributed by atoms with Crippen molar-refractivity contribution in [3.05, 3.63) is 82.4 Å². The molecular weight excluding hydrogens is 284 g/mol. The minimum atomic E-state index is -0.626. The summed E-state index contributed by atoms with van der Waals surface area (Å²) in [6.07, 6.45) is 4.83. The average molecular weight is 306 g/mol. The summed E-state index contributed by atoms with van der Waals surface area (Å²) in [7, 11) is 0. The van der Waals surface area contributed by atoms with Crippen LogP contribution in [-0.2, 0) is 0 Å². The Morgan fingerprint density at radius 3 is 2.35 bits per heavy atom. The first kappa shape index (κ1) is 15.5. The molecule has 0 aliphatic rings. The third kappa shape index (κ3) is 2.80. The minimum Gasteiger partial charge on any atom is -0.384 e. The van der Waals surface area contributed by atoms with Crippen molar-refractivity contribution in [2.24, 2.45) is 0 Å². The molecule has 23 heavy (non-hydrogen) atoms. The number of benzene rings is 2. The van der Waals surface area contributed by atoms with E-state index >= 15 is 0 Å². The lowest BCUT2D eigenvalue weighted by atomic mass is 9.89. The summed E-state index contributed by atoms with van der Waals surface area (Å²) in [4.78, 5) is 4.11. The lowest BCUT2D eigenvalue weighted by Gasteiger charge is -2.21. The molecule has 0 amide bonds. The van der Waals surface area contributed by atoms with Gasteiger partial charge >= 0.3 is 0 Å². The van der Waals surface area contributed by atoms with Gasteiger partial charge in [-0.3, -0.25) is 0 Å². The monoisotopic (exact) mass is 306 g/mol. The number of hydrogen-bond donors (Lipinski definition) is 1. The molecule has 0 saturated heterocycles. The highest BCUT2D eigenvalue weighted by Gasteiger charge is 2.19. The van der Waals surface area contributed by atoms with Gasteiger partial charge < -0.3 is 9.67 Å². The van der Waals surface area contributed by atoms with Crippen LogP contribution in [0.1, 0.15) is 39.5 Å². The number of aliphatic hydroxyl groups excluding tert-OH is 1. The molecule has 3 aromatic rings. The van der Waals surface area contributed by atoms with Gasteiger partial charge in [-0.1, -0.05) is 29.8 Å². The molecule has 0 spiro atoms. The van der Waals surface area contributed by atoms with Crippen LogP contribution in [0.5, 0.6) is 0 Å². The molecule has 1 atom stereocenters. The van der Waals surface area contributed by atoms with E-state index in [1.165, 1.54) is 5.56 Å². The van der Waals surface area contributed by atoms with Crippen molar-refractivity contribution in [1.82, 2.24) is 9.55 Å². The predicted octanol–water partition coefficient (Wildman–Crippen LogP) is 4.19. The Morgan fingerprint density at radius 1 is 1.04 bits per heavy atom. The van der Waals surface area contributed by atoms with Crippen LogP contribution in [0.2, 0.25) is 0 Å². The topological polar surface area (TPSA) is 38.0 Å². The van der Waals surface area contributed by atoms with Crippen molar-refractivity contribution >= 4 is 0 Å². The number of rotatable bonds is 3. The molecule has 0 aliphatic heterocycles. The van der Waals surface area contributed by atoms with E-state index in [2.05, 4.69) is 37.9 Å². The highest BCUT2D eigenvalue weighted by Crippen LogP contribution is 2.32. The number of hydrogen-bond acceptors (Lipinski definition) is 2. The molecule has 3 heteroatoms. The molecule has 0 radical (unpaired) electrons. The highest BCUT2D eigenvalue weighted by atomic mass is 16.3. The Labute approximate surface area is 137 Å². The van der Waals surface area contributed by atoms with Gasteiger partial charge in [0.25, 0.3) is 0 Å². The number of aromatic nitrogens is 2. The first-order chi connectivity index (χ1) is 11.0. The van der Waals surface area contributed by atoms with E-state index in [1.807, 2.05) is 35.9 Å². The van der Waals surface area contributed by atoms with Crippen LogP contribution >= 0.6 is 0 Å². The van der Waals surface area contributed by atoms with E-state index in [4.69, 9.17) is 0 Å². The van der Waals surface area contributed by atoms with Crippen molar-refractivity contribution < 1.29 is 5.11 Å². The summed E-state index contributed by atoms with van der Waals surface area (Å²) < 4.78 is 1.97. The van der Waals surface area contributed by atoms with E-state index in [0.29, 0.717) is 0 Å². The molecule has 118 valence electrons. The lowest BCUT2D eigenvalue weighted by Crippen LogP contribution is -2.08. The largest absolute Gasteiger partial charge is 0.384 e. The van der Waals surface area contributed by atoms with Gasteiger partial charge in [-0.05, 0) is 61.6 Å². The lowest BCUT2D eigenvalue weighted by molar-refractivity contribution is 0.218. The summed E-state index contributed by atoms with van der Waals surface area (Å²) >= 11 is 0. The Bertz CT molecular complexity index is 812. The first-order valence-corrected chi connectivity index (χ1v) is 7.82. The fraction of sp³-hybridized carbons (Fsp3) is 0.250. The molecule has 1 unspecified atom stereocenters. The molecule has 1 aromatic heterocycles. The summed E-state index contributed by atoms with van der Waals surface area (Å²) in [6.45, 7) is 8.26. The third-order valence-corrected chi connectivity index (χ3v) is 4.44. The summed E-state index contributed by atoms with van der Waals surface area (Å²) in [5, 5.41) is 11.0. The normalized spacial score (nSPS) is 12.4. The predicted molar refractivity (Wildman–Crippen MR) is 93.0 cm³/mol. The van der Waals surface area contributed by atoms with Crippen LogP contribution in [0.15, 0.2) is 49.1 Å². The number of aryl methyl sites for hydroxylation is 3. The van der Waals surface area contributed by atoms with Crippen LogP contribution in [-0.4, -0.2) is 14.7 Å². The molecule has 0 saturated carbocycles. The van der Waals surface area contributed by atoms with Crippen molar-refractivity contribution in [2.75, 3.05) is 0 Å². The number of nitrogens with zero attached hydrogens (tertiary/aromatic N) is 2.